The van der Waals surface area contributed by atoms with Crippen LogP contribution < -0.4 is 0 Å². The van der Waals surface area contributed by atoms with Gasteiger partial charge >= 0.3 is 0 Å². The van der Waals surface area contributed by atoms with Gasteiger partial charge in [0.25, 0.3) is 0 Å². The van der Waals surface area contributed by atoms with E-state index in [0.717, 1.165) is 12.8 Å². The predicted octanol–water partition coefficient (Wildman–Crippen LogP) is 6.45. The molecule has 110 valence electrons. The molecule has 1 N–H and O–H groups in total. The highest BCUT2D eigenvalue weighted by atomic mass is 14.3. The van der Waals surface area contributed by atoms with Gasteiger partial charge in [0.1, 0.15) is 0 Å². The van der Waals surface area contributed by atoms with Gasteiger partial charge in [0, 0.05) is 0 Å². The molecule has 0 spiro atoms. The first-order valence-corrected chi connectivity index (χ1v) is 8.20. The summed E-state index contributed by atoms with van der Waals surface area (Å²) in [7, 11) is 0. The molecule has 0 fully saturated rings. The quantitative estimate of drug-likeness (QED) is 0.211. The fourth-order valence-corrected chi connectivity index (χ4v) is 2.06. The van der Waals surface area contributed by atoms with Gasteiger partial charge in [-0.2, -0.15) is 0 Å². The zero-order chi connectivity index (χ0) is 14.0. The van der Waals surface area contributed by atoms with E-state index in [1.165, 1.54) is 70.4 Å². The van der Waals surface area contributed by atoms with Gasteiger partial charge in [-0.1, -0.05) is 63.3 Å². The first kappa shape index (κ1) is 18.1. The Morgan fingerprint density at radius 2 is 1.16 bits per heavy atom. The van der Waals surface area contributed by atoms with Crippen molar-refractivity contribution < 1.29 is 0 Å². The van der Waals surface area contributed by atoms with Gasteiger partial charge in [0.2, 0.25) is 0 Å². The number of unbranched alkanes of at least 4 members (excludes halogenated alkanes) is 9. The van der Waals surface area contributed by atoms with Gasteiger partial charge in [0.15, 0.2) is 0 Å². The van der Waals surface area contributed by atoms with Crippen molar-refractivity contribution in [1.29, 1.82) is 5.41 Å². The van der Waals surface area contributed by atoms with Crippen LogP contribution in [-0.2, 0) is 0 Å². The third-order valence-corrected chi connectivity index (χ3v) is 3.30. The highest BCUT2D eigenvalue weighted by Gasteiger charge is 1.88. The fourth-order valence-electron chi connectivity index (χ4n) is 2.06. The van der Waals surface area contributed by atoms with Crippen molar-refractivity contribution in [2.75, 3.05) is 0 Å². The van der Waals surface area contributed by atoms with Crippen LogP contribution in [-0.4, -0.2) is 6.21 Å². The van der Waals surface area contributed by atoms with E-state index in [9.17, 15) is 0 Å². The number of nitrogens with one attached hydrogen (secondary N) is 1. The van der Waals surface area contributed by atoms with E-state index in [-0.39, 0.29) is 0 Å². The first-order valence-electron chi connectivity index (χ1n) is 8.20. The molecule has 1 nitrogen and oxygen atoms in total. The second-order valence-electron chi connectivity index (χ2n) is 5.22. The van der Waals surface area contributed by atoms with Gasteiger partial charge in [-0.05, 0) is 51.2 Å². The van der Waals surface area contributed by atoms with Crippen molar-refractivity contribution in [2.45, 2.75) is 84.0 Å². The Hall–Kier alpha value is -0.850. The molecule has 0 saturated heterocycles. The molecule has 0 aliphatic heterocycles. The predicted molar refractivity (Wildman–Crippen MR) is 88.1 cm³/mol. The van der Waals surface area contributed by atoms with E-state index in [2.05, 4.69) is 31.2 Å². The minimum Gasteiger partial charge on any atom is -0.313 e. The molecule has 0 bridgehead atoms. The van der Waals surface area contributed by atoms with Crippen LogP contribution in [0.2, 0.25) is 0 Å². The Labute approximate surface area is 120 Å². The Morgan fingerprint density at radius 1 is 0.632 bits per heavy atom. The van der Waals surface area contributed by atoms with E-state index >= 15 is 0 Å². The average molecular weight is 263 g/mol. The zero-order valence-electron chi connectivity index (χ0n) is 12.9. The van der Waals surface area contributed by atoms with Crippen molar-refractivity contribution in [3.05, 3.63) is 24.3 Å². The molecule has 0 saturated carbocycles. The van der Waals surface area contributed by atoms with Gasteiger partial charge in [0.05, 0.1) is 0 Å². The maximum atomic E-state index is 6.94. The van der Waals surface area contributed by atoms with Gasteiger partial charge < -0.3 is 5.41 Å². The summed E-state index contributed by atoms with van der Waals surface area (Å²) in [5.41, 5.74) is 0. The fraction of sp³-hybridized carbons (Fsp3) is 0.722. The molecule has 0 aliphatic rings. The largest absolute Gasteiger partial charge is 0.313 e. The highest BCUT2D eigenvalue weighted by Crippen LogP contribution is 2.07. The zero-order valence-corrected chi connectivity index (χ0v) is 12.9. The van der Waals surface area contributed by atoms with Gasteiger partial charge in [-0.3, -0.25) is 0 Å². The molecule has 0 radical (unpaired) electrons. The molecular weight excluding hydrogens is 230 g/mol. The molecule has 0 atom stereocenters. The Morgan fingerprint density at radius 3 is 1.74 bits per heavy atom. The molecule has 1 heteroatoms. The normalized spacial score (nSPS) is 11.6. The number of rotatable bonds is 14. The van der Waals surface area contributed by atoms with Crippen molar-refractivity contribution in [2.24, 2.45) is 0 Å². The lowest BCUT2D eigenvalue weighted by Gasteiger charge is -1.97. The molecule has 0 aromatic heterocycles. The number of hydrogen-bond donors (Lipinski definition) is 1. The van der Waals surface area contributed by atoms with E-state index in [4.69, 9.17) is 5.41 Å². The SMILES string of the molecule is CCCCC/C=C\C/C=C\CCCCCCCC=N. The van der Waals surface area contributed by atoms with Crippen molar-refractivity contribution in [3.63, 3.8) is 0 Å². The van der Waals surface area contributed by atoms with Crippen LogP contribution in [0.5, 0.6) is 0 Å². The topological polar surface area (TPSA) is 23.9 Å². The summed E-state index contributed by atoms with van der Waals surface area (Å²) in [6.07, 6.45) is 25.8. The van der Waals surface area contributed by atoms with Crippen molar-refractivity contribution >= 4 is 6.21 Å². The molecule has 0 rings (SSSR count). The minimum absolute atomic E-state index is 0.963. The van der Waals surface area contributed by atoms with E-state index in [0.29, 0.717) is 0 Å². The minimum atomic E-state index is 0.963. The third kappa shape index (κ3) is 17.1. The van der Waals surface area contributed by atoms with E-state index < -0.39 is 0 Å². The summed E-state index contributed by atoms with van der Waals surface area (Å²) in [5.74, 6) is 0. The van der Waals surface area contributed by atoms with E-state index in [1.54, 1.807) is 0 Å². The maximum Gasteiger partial charge on any atom is -0.00477 e. The molecule has 0 aromatic rings. The standard InChI is InChI=1S/C18H33N/c1-2-3-4-5-6-7-8-9-10-11-12-13-14-15-16-17-18-19/h6-7,9-10,18-19H,2-5,8,11-17H2,1H3/b7-6-,10-9-,19-18?. The second kappa shape index (κ2) is 17.2. The van der Waals surface area contributed by atoms with Crippen LogP contribution in [0.15, 0.2) is 24.3 Å². The lowest BCUT2D eigenvalue weighted by atomic mass is 10.1. The molecule has 0 amide bonds. The number of hydrogen-bond acceptors (Lipinski definition) is 1. The average Bonchev–Trinajstić information content (AvgIpc) is 2.43. The molecular formula is C18H33N. The lowest BCUT2D eigenvalue weighted by Crippen LogP contribution is -1.79. The Balaban J connectivity index is 3.14. The Kier molecular flexibility index (Phi) is 16.4. The summed E-state index contributed by atoms with van der Waals surface area (Å²) in [6, 6.07) is 0. The van der Waals surface area contributed by atoms with Crippen molar-refractivity contribution in [3.8, 4) is 0 Å². The summed E-state index contributed by atoms with van der Waals surface area (Å²) >= 11 is 0. The Bertz CT molecular complexity index is 228. The van der Waals surface area contributed by atoms with Crippen LogP contribution in [0.25, 0.3) is 0 Å². The van der Waals surface area contributed by atoms with Crippen LogP contribution in [0.1, 0.15) is 84.0 Å². The highest BCUT2D eigenvalue weighted by molar-refractivity contribution is 5.52. The van der Waals surface area contributed by atoms with Crippen LogP contribution in [0.3, 0.4) is 0 Å². The summed E-state index contributed by atoms with van der Waals surface area (Å²) < 4.78 is 0. The smallest absolute Gasteiger partial charge is 0.00477 e. The van der Waals surface area contributed by atoms with Crippen molar-refractivity contribution in [1.82, 2.24) is 0 Å². The molecule has 0 unspecified atom stereocenters. The van der Waals surface area contributed by atoms with Crippen LogP contribution >= 0.6 is 0 Å². The van der Waals surface area contributed by atoms with Crippen LogP contribution in [0.4, 0.5) is 0 Å². The summed E-state index contributed by atoms with van der Waals surface area (Å²) in [5, 5.41) is 6.94. The first-order chi connectivity index (χ1) is 9.41. The van der Waals surface area contributed by atoms with Crippen LogP contribution in [0, 0.1) is 5.41 Å². The third-order valence-electron chi connectivity index (χ3n) is 3.30. The molecule has 0 aliphatic carbocycles. The maximum absolute atomic E-state index is 6.94. The monoisotopic (exact) mass is 263 g/mol. The molecule has 0 aromatic carbocycles. The van der Waals surface area contributed by atoms with E-state index in [1.807, 2.05) is 0 Å². The number of allylic oxidation sites excluding steroid dienone is 4. The molecule has 19 heavy (non-hydrogen) atoms. The van der Waals surface area contributed by atoms with Gasteiger partial charge in [-0.25, -0.2) is 0 Å². The second-order valence-corrected chi connectivity index (χ2v) is 5.22. The van der Waals surface area contributed by atoms with Gasteiger partial charge in [-0.15, -0.1) is 0 Å². The summed E-state index contributed by atoms with van der Waals surface area (Å²) in [4.78, 5) is 0. The molecule has 0 heterocycles. The summed E-state index contributed by atoms with van der Waals surface area (Å²) in [6.45, 7) is 2.25. The lowest BCUT2D eigenvalue weighted by molar-refractivity contribution is 0.628.